The van der Waals surface area contributed by atoms with Gasteiger partial charge in [-0.3, -0.25) is 9.59 Å². The average molecular weight is 531 g/mol. The maximum atomic E-state index is 13.6. The molecular weight excluding hydrogens is 488 g/mol. The average Bonchev–Trinajstić information content (AvgIpc) is 3.47. The number of aliphatic hydroxyl groups excluding tert-OH is 1. The number of hydrogen-bond donors (Lipinski definition) is 4. The maximum absolute atomic E-state index is 13.6. The number of rotatable bonds is 8. The Morgan fingerprint density at radius 2 is 1.84 bits per heavy atom. The third-order valence-corrected chi connectivity index (χ3v) is 9.78. The van der Waals surface area contributed by atoms with Crippen LogP contribution in [0.1, 0.15) is 72.3 Å². The standard InChI is InChI=1S/C29H42N2O7/c1-16(2)24(30-25(35)22(34)14-17-8-9-20(32)21(33)13-17)26(36)31-12-6-7-19(31)27(37)38-23-15-18-10-11-29(23,5)28(18,3)4/h8-9,13,16,18-19,22-24,32-34H,6-7,10-12,14-15H2,1-5H3,(H,30,35)/t18?,19-,22+,23?,24-,29?/m0/s1. The summed E-state index contributed by atoms with van der Waals surface area (Å²) in [5.74, 6) is -1.84. The minimum atomic E-state index is -1.46. The topological polar surface area (TPSA) is 136 Å². The number of hydrogen-bond acceptors (Lipinski definition) is 7. The van der Waals surface area contributed by atoms with Gasteiger partial charge in [0.1, 0.15) is 24.3 Å². The molecule has 1 aromatic carbocycles. The molecule has 1 saturated heterocycles. The highest BCUT2D eigenvalue weighted by molar-refractivity contribution is 5.92. The van der Waals surface area contributed by atoms with Crippen LogP contribution in [0.2, 0.25) is 0 Å². The molecule has 6 atom stereocenters. The fraction of sp³-hybridized carbons (Fsp3) is 0.690. The van der Waals surface area contributed by atoms with Gasteiger partial charge in [0, 0.05) is 18.4 Å². The van der Waals surface area contributed by atoms with Gasteiger partial charge in [0.05, 0.1) is 0 Å². The number of phenolic OH excluding ortho intramolecular Hbond substituents is 2. The second-order valence-corrected chi connectivity index (χ2v) is 12.5. The van der Waals surface area contributed by atoms with Crippen molar-refractivity contribution >= 4 is 17.8 Å². The first-order valence-corrected chi connectivity index (χ1v) is 13.8. The van der Waals surface area contributed by atoms with Crippen molar-refractivity contribution in [3.63, 3.8) is 0 Å². The number of ether oxygens (including phenoxy) is 1. The lowest BCUT2D eigenvalue weighted by Gasteiger charge is -2.39. The van der Waals surface area contributed by atoms with E-state index in [2.05, 4.69) is 26.1 Å². The molecule has 4 N–H and O–H groups in total. The van der Waals surface area contributed by atoms with Crippen LogP contribution in [-0.4, -0.2) is 68.8 Å². The molecule has 2 aliphatic carbocycles. The predicted octanol–water partition coefficient (Wildman–Crippen LogP) is 2.89. The summed E-state index contributed by atoms with van der Waals surface area (Å²) in [5, 5.41) is 32.3. The number of esters is 1. The number of nitrogens with zero attached hydrogens (tertiary/aromatic N) is 1. The highest BCUT2D eigenvalue weighted by Gasteiger charge is 2.63. The molecule has 1 heterocycles. The van der Waals surface area contributed by atoms with Gasteiger partial charge in [-0.15, -0.1) is 0 Å². The lowest BCUT2D eigenvalue weighted by molar-refractivity contribution is -0.165. The molecule has 2 amide bonds. The first-order valence-electron chi connectivity index (χ1n) is 13.8. The molecule has 2 saturated carbocycles. The van der Waals surface area contributed by atoms with Gasteiger partial charge in [-0.05, 0) is 67.1 Å². The van der Waals surface area contributed by atoms with Crippen molar-refractivity contribution < 1.29 is 34.4 Å². The first kappa shape index (κ1) is 28.2. The summed E-state index contributed by atoms with van der Waals surface area (Å²) < 4.78 is 6.09. The third-order valence-electron chi connectivity index (χ3n) is 9.78. The molecule has 9 nitrogen and oxygen atoms in total. The van der Waals surface area contributed by atoms with Crippen molar-refractivity contribution in [2.24, 2.45) is 22.7 Å². The molecular formula is C29H42N2O7. The van der Waals surface area contributed by atoms with Crippen LogP contribution in [0, 0.1) is 22.7 Å². The lowest BCUT2D eigenvalue weighted by Crippen LogP contribution is -2.56. The van der Waals surface area contributed by atoms with Crippen LogP contribution in [0.5, 0.6) is 11.5 Å². The summed E-state index contributed by atoms with van der Waals surface area (Å²) in [7, 11) is 0. The monoisotopic (exact) mass is 530 g/mol. The van der Waals surface area contributed by atoms with Gasteiger partial charge in [0.15, 0.2) is 11.5 Å². The third kappa shape index (κ3) is 4.97. The summed E-state index contributed by atoms with van der Waals surface area (Å²) in [6.07, 6.45) is 2.52. The molecule has 3 aliphatic rings. The van der Waals surface area contributed by atoms with Gasteiger partial charge >= 0.3 is 5.97 Å². The van der Waals surface area contributed by atoms with Gasteiger partial charge in [0.2, 0.25) is 11.8 Å². The lowest BCUT2D eigenvalue weighted by atomic mass is 9.70. The van der Waals surface area contributed by atoms with Crippen LogP contribution in [0.25, 0.3) is 0 Å². The van der Waals surface area contributed by atoms with Crippen LogP contribution < -0.4 is 5.32 Å². The summed E-state index contributed by atoms with van der Waals surface area (Å²) in [5.41, 5.74) is 0.491. The molecule has 9 heteroatoms. The largest absolute Gasteiger partial charge is 0.504 e. The molecule has 1 aromatic rings. The minimum absolute atomic E-state index is 0.0698. The van der Waals surface area contributed by atoms with E-state index in [4.69, 9.17) is 4.74 Å². The summed E-state index contributed by atoms with van der Waals surface area (Å²) >= 11 is 0. The molecule has 210 valence electrons. The fourth-order valence-electron chi connectivity index (χ4n) is 6.76. The van der Waals surface area contributed by atoms with Crippen molar-refractivity contribution in [3.8, 4) is 11.5 Å². The van der Waals surface area contributed by atoms with Gasteiger partial charge in [0.25, 0.3) is 0 Å². The normalized spacial score (nSPS) is 29.3. The van der Waals surface area contributed by atoms with Crippen LogP contribution in [0.4, 0.5) is 0 Å². The molecule has 1 aliphatic heterocycles. The highest BCUT2D eigenvalue weighted by atomic mass is 16.5. The number of amides is 2. The second kappa shape index (κ2) is 10.4. The number of fused-ring (bicyclic) bond motifs is 2. The number of aromatic hydroxyl groups is 2. The Morgan fingerprint density at radius 1 is 1.13 bits per heavy atom. The number of aliphatic hydroxyl groups is 1. The number of likely N-dealkylation sites (tertiary alicyclic amines) is 1. The quantitative estimate of drug-likeness (QED) is 0.300. The van der Waals surface area contributed by atoms with E-state index in [1.807, 2.05) is 0 Å². The molecule has 3 fully saturated rings. The number of nitrogens with one attached hydrogen (secondary N) is 1. The van der Waals surface area contributed by atoms with Gasteiger partial charge < -0.3 is 30.3 Å². The van der Waals surface area contributed by atoms with E-state index in [0.29, 0.717) is 30.9 Å². The van der Waals surface area contributed by atoms with Crippen molar-refractivity contribution in [2.75, 3.05) is 6.54 Å². The molecule has 3 unspecified atom stereocenters. The minimum Gasteiger partial charge on any atom is -0.504 e. The van der Waals surface area contributed by atoms with Gasteiger partial charge in [-0.25, -0.2) is 4.79 Å². The zero-order chi connectivity index (χ0) is 28.0. The smallest absolute Gasteiger partial charge is 0.329 e. The van der Waals surface area contributed by atoms with Crippen molar-refractivity contribution in [3.05, 3.63) is 23.8 Å². The molecule has 0 radical (unpaired) electrons. The van der Waals surface area contributed by atoms with Crippen LogP contribution in [0.3, 0.4) is 0 Å². The van der Waals surface area contributed by atoms with Gasteiger partial charge in [-0.1, -0.05) is 40.7 Å². The Kier molecular flexibility index (Phi) is 7.72. The zero-order valence-electron chi connectivity index (χ0n) is 23.1. The second-order valence-electron chi connectivity index (χ2n) is 12.5. The number of phenols is 2. The number of carbonyl (C=O) groups is 3. The zero-order valence-corrected chi connectivity index (χ0v) is 23.1. The Morgan fingerprint density at radius 3 is 2.42 bits per heavy atom. The number of carbonyl (C=O) groups excluding carboxylic acids is 3. The number of benzene rings is 1. The predicted molar refractivity (Wildman–Crippen MR) is 140 cm³/mol. The van der Waals surface area contributed by atoms with E-state index >= 15 is 0 Å². The van der Waals surface area contributed by atoms with Crippen LogP contribution in [0.15, 0.2) is 18.2 Å². The Bertz CT molecular complexity index is 1090. The van der Waals surface area contributed by atoms with Crippen molar-refractivity contribution in [2.45, 2.75) is 97.4 Å². The molecule has 2 bridgehead atoms. The summed E-state index contributed by atoms with van der Waals surface area (Å²) in [6.45, 7) is 10.7. The van der Waals surface area contributed by atoms with Crippen LogP contribution >= 0.6 is 0 Å². The van der Waals surface area contributed by atoms with Crippen molar-refractivity contribution in [1.82, 2.24) is 10.2 Å². The van der Waals surface area contributed by atoms with E-state index < -0.39 is 24.1 Å². The fourth-order valence-corrected chi connectivity index (χ4v) is 6.76. The van der Waals surface area contributed by atoms with Crippen molar-refractivity contribution in [1.29, 1.82) is 0 Å². The molecule has 4 rings (SSSR count). The Labute approximate surface area is 224 Å². The van der Waals surface area contributed by atoms with E-state index in [9.17, 15) is 29.7 Å². The summed E-state index contributed by atoms with van der Waals surface area (Å²) in [6, 6.07) is 2.44. The van der Waals surface area contributed by atoms with Gasteiger partial charge in [-0.2, -0.15) is 0 Å². The van der Waals surface area contributed by atoms with E-state index in [0.717, 1.165) is 19.3 Å². The highest BCUT2D eigenvalue weighted by Crippen LogP contribution is 2.66. The Balaban J connectivity index is 1.40. The van der Waals surface area contributed by atoms with E-state index in [1.54, 1.807) is 13.8 Å². The molecule has 38 heavy (non-hydrogen) atoms. The molecule has 0 aromatic heterocycles. The Hall–Kier alpha value is -2.81. The van der Waals surface area contributed by atoms with E-state index in [1.165, 1.54) is 23.1 Å². The molecule has 0 spiro atoms. The summed E-state index contributed by atoms with van der Waals surface area (Å²) in [4.78, 5) is 41.3. The first-order chi connectivity index (χ1) is 17.8. The van der Waals surface area contributed by atoms with E-state index in [-0.39, 0.29) is 52.6 Å². The van der Waals surface area contributed by atoms with Crippen LogP contribution in [-0.2, 0) is 25.5 Å². The maximum Gasteiger partial charge on any atom is 0.329 e. The SMILES string of the molecule is CC(C)[C@H](NC(=O)[C@H](O)Cc1ccc(O)c(O)c1)C(=O)N1CCC[C@H]1C(=O)OC1CC2CCC1(C)C2(C)C.